The van der Waals surface area contributed by atoms with Crippen molar-refractivity contribution in [3.05, 3.63) is 54.6 Å². The summed E-state index contributed by atoms with van der Waals surface area (Å²) >= 11 is 0. The summed E-state index contributed by atoms with van der Waals surface area (Å²) in [6, 6.07) is 17.8. The molecule has 0 fully saturated rings. The van der Waals surface area contributed by atoms with Crippen LogP contribution in [-0.2, 0) is 0 Å². The van der Waals surface area contributed by atoms with Gasteiger partial charge < -0.3 is 10.5 Å². The number of nitrogen functional groups attached to an aromatic ring is 1. The zero-order valence-corrected chi connectivity index (χ0v) is 13.3. The van der Waals surface area contributed by atoms with Crippen molar-refractivity contribution in [2.45, 2.75) is 19.8 Å². The van der Waals surface area contributed by atoms with E-state index < -0.39 is 0 Å². The van der Waals surface area contributed by atoms with E-state index in [0.29, 0.717) is 0 Å². The second-order valence-corrected chi connectivity index (χ2v) is 5.48. The standard InChI is InChI=1S/C19H21N3O/c1-2-3-12-23-15-10-8-14(9-11-15)18-13-19(22-21-18)16-6-4-5-7-17(16)20/h4-11,13H,2-3,12,20H2,1H3,(H,21,22). The van der Waals surface area contributed by atoms with Crippen LogP contribution >= 0.6 is 0 Å². The molecule has 118 valence electrons. The van der Waals surface area contributed by atoms with Crippen LogP contribution < -0.4 is 10.5 Å². The van der Waals surface area contributed by atoms with Crippen molar-refractivity contribution < 1.29 is 4.74 Å². The molecule has 4 heteroatoms. The summed E-state index contributed by atoms with van der Waals surface area (Å²) in [7, 11) is 0. The predicted octanol–water partition coefficient (Wildman–Crippen LogP) is 4.50. The third-order valence-electron chi connectivity index (χ3n) is 3.75. The number of unbranched alkanes of at least 4 members (excludes halogenated alkanes) is 1. The molecule has 0 aliphatic rings. The second-order valence-electron chi connectivity index (χ2n) is 5.48. The topological polar surface area (TPSA) is 63.9 Å². The normalized spacial score (nSPS) is 10.7. The summed E-state index contributed by atoms with van der Waals surface area (Å²) in [5.74, 6) is 0.894. The summed E-state index contributed by atoms with van der Waals surface area (Å²) in [6.45, 7) is 2.91. The lowest BCUT2D eigenvalue weighted by Crippen LogP contribution is -1.95. The molecule has 1 aromatic heterocycles. The van der Waals surface area contributed by atoms with E-state index in [1.54, 1.807) is 0 Å². The molecule has 3 N–H and O–H groups in total. The Hall–Kier alpha value is -2.75. The van der Waals surface area contributed by atoms with Crippen LogP contribution in [0.1, 0.15) is 19.8 Å². The fourth-order valence-corrected chi connectivity index (χ4v) is 2.41. The van der Waals surface area contributed by atoms with E-state index in [1.165, 1.54) is 0 Å². The number of nitrogens with two attached hydrogens (primary N) is 1. The van der Waals surface area contributed by atoms with Crippen LogP contribution in [0, 0.1) is 0 Å². The van der Waals surface area contributed by atoms with Gasteiger partial charge in [-0.2, -0.15) is 5.10 Å². The highest BCUT2D eigenvalue weighted by atomic mass is 16.5. The molecule has 1 heterocycles. The summed E-state index contributed by atoms with van der Waals surface area (Å²) in [6.07, 6.45) is 2.21. The van der Waals surface area contributed by atoms with E-state index in [4.69, 9.17) is 10.5 Å². The Morgan fingerprint density at radius 3 is 2.61 bits per heavy atom. The molecule has 0 unspecified atom stereocenters. The lowest BCUT2D eigenvalue weighted by atomic mass is 10.1. The third kappa shape index (κ3) is 3.54. The number of H-pyrrole nitrogens is 1. The molecule has 0 aliphatic carbocycles. The number of anilines is 1. The highest BCUT2D eigenvalue weighted by Crippen LogP contribution is 2.28. The quantitative estimate of drug-likeness (QED) is 0.520. The summed E-state index contributed by atoms with van der Waals surface area (Å²) in [4.78, 5) is 0. The Balaban J connectivity index is 1.77. The molecule has 0 bridgehead atoms. The Labute approximate surface area is 136 Å². The molecular formula is C19H21N3O. The first-order valence-corrected chi connectivity index (χ1v) is 7.91. The Bertz CT molecular complexity index is 762. The van der Waals surface area contributed by atoms with E-state index in [0.717, 1.165) is 53.4 Å². The largest absolute Gasteiger partial charge is 0.494 e. The van der Waals surface area contributed by atoms with Crippen molar-refractivity contribution in [3.8, 4) is 28.3 Å². The highest BCUT2D eigenvalue weighted by Gasteiger charge is 2.08. The Kier molecular flexibility index (Phi) is 4.62. The van der Waals surface area contributed by atoms with Crippen molar-refractivity contribution in [3.63, 3.8) is 0 Å². The smallest absolute Gasteiger partial charge is 0.119 e. The minimum Gasteiger partial charge on any atom is -0.494 e. The maximum atomic E-state index is 6.01. The van der Waals surface area contributed by atoms with Gasteiger partial charge in [0.15, 0.2) is 0 Å². The lowest BCUT2D eigenvalue weighted by Gasteiger charge is -2.05. The lowest BCUT2D eigenvalue weighted by molar-refractivity contribution is 0.309. The van der Waals surface area contributed by atoms with Crippen molar-refractivity contribution in [2.24, 2.45) is 0 Å². The van der Waals surface area contributed by atoms with Gasteiger partial charge in [-0.3, -0.25) is 5.10 Å². The Morgan fingerprint density at radius 2 is 1.87 bits per heavy atom. The molecule has 0 radical (unpaired) electrons. The van der Waals surface area contributed by atoms with E-state index in [1.807, 2.05) is 54.6 Å². The number of nitrogens with one attached hydrogen (secondary N) is 1. The number of para-hydroxylation sites is 1. The molecule has 0 aliphatic heterocycles. The first-order chi connectivity index (χ1) is 11.3. The van der Waals surface area contributed by atoms with E-state index in [2.05, 4.69) is 17.1 Å². The fraction of sp³-hybridized carbons (Fsp3) is 0.211. The summed E-state index contributed by atoms with van der Waals surface area (Å²) in [5.41, 5.74) is 10.6. The number of hydrogen-bond donors (Lipinski definition) is 2. The van der Waals surface area contributed by atoms with Crippen molar-refractivity contribution in [1.29, 1.82) is 0 Å². The average molecular weight is 307 g/mol. The van der Waals surface area contributed by atoms with Crippen LogP contribution in [-0.4, -0.2) is 16.8 Å². The van der Waals surface area contributed by atoms with Crippen LogP contribution in [0.5, 0.6) is 5.75 Å². The van der Waals surface area contributed by atoms with Gasteiger partial charge in [0.1, 0.15) is 5.75 Å². The van der Waals surface area contributed by atoms with Gasteiger partial charge in [0.25, 0.3) is 0 Å². The minimum atomic E-state index is 0.738. The van der Waals surface area contributed by atoms with Crippen LogP contribution in [0.2, 0.25) is 0 Å². The number of benzene rings is 2. The van der Waals surface area contributed by atoms with Gasteiger partial charge in [-0.25, -0.2) is 0 Å². The van der Waals surface area contributed by atoms with Crippen molar-refractivity contribution in [2.75, 3.05) is 12.3 Å². The summed E-state index contributed by atoms with van der Waals surface area (Å²) in [5, 5.41) is 7.44. The molecule has 4 nitrogen and oxygen atoms in total. The van der Waals surface area contributed by atoms with Gasteiger partial charge >= 0.3 is 0 Å². The van der Waals surface area contributed by atoms with Crippen LogP contribution in [0.4, 0.5) is 5.69 Å². The molecule has 0 amide bonds. The first kappa shape index (κ1) is 15.2. The van der Waals surface area contributed by atoms with Gasteiger partial charge in [-0.15, -0.1) is 0 Å². The molecule has 3 rings (SSSR count). The predicted molar refractivity (Wildman–Crippen MR) is 94.3 cm³/mol. The molecule has 0 saturated carbocycles. The van der Waals surface area contributed by atoms with Gasteiger partial charge in [0, 0.05) is 16.8 Å². The SMILES string of the molecule is CCCCOc1ccc(-c2cc(-c3ccccc3N)[nH]n2)cc1. The maximum absolute atomic E-state index is 6.01. The van der Waals surface area contributed by atoms with Crippen LogP contribution in [0.15, 0.2) is 54.6 Å². The third-order valence-corrected chi connectivity index (χ3v) is 3.75. The zero-order chi connectivity index (χ0) is 16.1. The highest BCUT2D eigenvalue weighted by molar-refractivity contribution is 5.76. The van der Waals surface area contributed by atoms with Gasteiger partial charge in [0.2, 0.25) is 0 Å². The van der Waals surface area contributed by atoms with Gasteiger partial charge in [-0.1, -0.05) is 31.5 Å². The number of aromatic nitrogens is 2. The monoisotopic (exact) mass is 307 g/mol. The summed E-state index contributed by atoms with van der Waals surface area (Å²) < 4.78 is 5.68. The number of nitrogens with zero attached hydrogens (tertiary/aromatic N) is 1. The number of hydrogen-bond acceptors (Lipinski definition) is 3. The first-order valence-electron chi connectivity index (χ1n) is 7.91. The molecule has 0 spiro atoms. The van der Waals surface area contributed by atoms with E-state index in [-0.39, 0.29) is 0 Å². The average Bonchev–Trinajstić information content (AvgIpc) is 3.06. The van der Waals surface area contributed by atoms with Crippen molar-refractivity contribution >= 4 is 5.69 Å². The van der Waals surface area contributed by atoms with E-state index in [9.17, 15) is 0 Å². The fourth-order valence-electron chi connectivity index (χ4n) is 2.41. The van der Waals surface area contributed by atoms with Gasteiger partial charge in [-0.05, 0) is 42.8 Å². The molecule has 0 saturated heterocycles. The number of rotatable bonds is 6. The van der Waals surface area contributed by atoms with Gasteiger partial charge in [0.05, 0.1) is 18.0 Å². The number of aromatic amines is 1. The van der Waals surface area contributed by atoms with Crippen LogP contribution in [0.25, 0.3) is 22.5 Å². The molecule has 23 heavy (non-hydrogen) atoms. The molecule has 2 aromatic carbocycles. The molecule has 3 aromatic rings. The van der Waals surface area contributed by atoms with Crippen LogP contribution in [0.3, 0.4) is 0 Å². The number of ether oxygens (including phenoxy) is 1. The molecule has 0 atom stereocenters. The van der Waals surface area contributed by atoms with Crippen molar-refractivity contribution in [1.82, 2.24) is 10.2 Å². The maximum Gasteiger partial charge on any atom is 0.119 e. The minimum absolute atomic E-state index is 0.738. The molecular weight excluding hydrogens is 286 g/mol. The van der Waals surface area contributed by atoms with E-state index >= 15 is 0 Å². The Morgan fingerprint density at radius 1 is 1.09 bits per heavy atom. The zero-order valence-electron chi connectivity index (χ0n) is 13.3. The second kappa shape index (κ2) is 7.01.